The molecule has 0 N–H and O–H groups in total. The predicted molar refractivity (Wildman–Crippen MR) is 78.9 cm³/mol. The zero-order valence-electron chi connectivity index (χ0n) is 12.1. The number of piperidine rings is 1. The Labute approximate surface area is 129 Å². The Bertz CT molecular complexity index is 487. The first-order valence-corrected chi connectivity index (χ1v) is 7.87. The maximum atomic E-state index is 12.6. The minimum Gasteiger partial charge on any atom is -0.378 e. The molecule has 2 aliphatic rings. The molecule has 21 heavy (non-hydrogen) atoms. The van der Waals surface area contributed by atoms with Crippen molar-refractivity contribution in [3.63, 3.8) is 0 Å². The zero-order valence-corrected chi connectivity index (χ0v) is 12.8. The second-order valence-corrected chi connectivity index (χ2v) is 6.13. The molecule has 1 atom stereocenters. The van der Waals surface area contributed by atoms with Gasteiger partial charge in [0.2, 0.25) is 5.91 Å². The molecule has 116 valence electrons. The number of rotatable bonds is 3. The highest BCUT2D eigenvalue weighted by atomic mass is 35.5. The third kappa shape index (κ3) is 3.75. The number of likely N-dealkylation sites (tertiary alicyclic amines) is 1. The van der Waals surface area contributed by atoms with Crippen LogP contribution in [0.5, 0.6) is 0 Å². The lowest BCUT2D eigenvalue weighted by atomic mass is 9.96. The molecule has 1 amide bonds. The van der Waals surface area contributed by atoms with Gasteiger partial charge >= 0.3 is 0 Å². The topological polar surface area (TPSA) is 50.6 Å². The fourth-order valence-electron chi connectivity index (χ4n) is 3.05. The number of aromatic nitrogens is 2. The lowest BCUT2D eigenvalue weighted by Crippen LogP contribution is -2.48. The third-order valence-corrected chi connectivity index (χ3v) is 4.32. The molecule has 2 saturated heterocycles. The van der Waals surface area contributed by atoms with Crippen LogP contribution in [0.3, 0.4) is 0 Å². The van der Waals surface area contributed by atoms with Crippen molar-refractivity contribution < 1.29 is 9.53 Å². The number of nitrogens with zero attached hydrogens (tertiary/aromatic N) is 4. The summed E-state index contributed by atoms with van der Waals surface area (Å²) in [5.41, 5.74) is 0. The first-order valence-electron chi connectivity index (χ1n) is 7.49. The lowest BCUT2D eigenvalue weighted by Gasteiger charge is -2.36. The van der Waals surface area contributed by atoms with Gasteiger partial charge in [-0.3, -0.25) is 14.4 Å². The second kappa shape index (κ2) is 6.77. The molecule has 0 bridgehead atoms. The number of ether oxygens (including phenoxy) is 1. The van der Waals surface area contributed by atoms with Crippen LogP contribution in [-0.2, 0) is 16.2 Å². The average Bonchev–Trinajstić information content (AvgIpc) is 2.93. The number of morpholine rings is 1. The molecule has 2 fully saturated rings. The molecule has 1 unspecified atom stereocenters. The molecule has 2 aliphatic heterocycles. The summed E-state index contributed by atoms with van der Waals surface area (Å²) in [6.07, 6.45) is 5.49. The highest BCUT2D eigenvalue weighted by Crippen LogP contribution is 2.20. The van der Waals surface area contributed by atoms with E-state index in [1.54, 1.807) is 6.20 Å². The monoisotopic (exact) mass is 312 g/mol. The van der Waals surface area contributed by atoms with E-state index < -0.39 is 0 Å². The number of hydrogen-bond acceptors (Lipinski definition) is 4. The Hall–Kier alpha value is -1.11. The van der Waals surface area contributed by atoms with Crippen LogP contribution in [0.15, 0.2) is 12.4 Å². The van der Waals surface area contributed by atoms with Crippen molar-refractivity contribution in [1.82, 2.24) is 19.6 Å². The van der Waals surface area contributed by atoms with Crippen LogP contribution in [0.2, 0.25) is 5.02 Å². The van der Waals surface area contributed by atoms with Gasteiger partial charge in [0.25, 0.3) is 0 Å². The standard InChI is InChI=1S/C14H21ClN4O2/c15-13-8-16-19(10-13)11-17-3-1-2-12(9-17)14(20)18-4-6-21-7-5-18/h8,10,12H,1-7,9,11H2. The van der Waals surface area contributed by atoms with Crippen molar-refractivity contribution in [3.8, 4) is 0 Å². The van der Waals surface area contributed by atoms with Crippen LogP contribution in [0.1, 0.15) is 12.8 Å². The van der Waals surface area contributed by atoms with Gasteiger partial charge < -0.3 is 9.64 Å². The fraction of sp³-hybridized carbons (Fsp3) is 0.714. The Morgan fingerprint density at radius 1 is 1.38 bits per heavy atom. The SMILES string of the molecule is O=C(C1CCCN(Cn2cc(Cl)cn2)C1)N1CCOCC1. The Kier molecular flexibility index (Phi) is 4.77. The van der Waals surface area contributed by atoms with E-state index in [-0.39, 0.29) is 11.8 Å². The molecule has 6 nitrogen and oxygen atoms in total. The highest BCUT2D eigenvalue weighted by molar-refractivity contribution is 6.30. The van der Waals surface area contributed by atoms with E-state index in [9.17, 15) is 4.79 Å². The molecule has 0 aliphatic carbocycles. The zero-order chi connectivity index (χ0) is 14.7. The molecular weight excluding hydrogens is 292 g/mol. The van der Waals surface area contributed by atoms with E-state index >= 15 is 0 Å². The summed E-state index contributed by atoms with van der Waals surface area (Å²) in [6.45, 7) is 5.27. The maximum absolute atomic E-state index is 12.6. The summed E-state index contributed by atoms with van der Waals surface area (Å²) >= 11 is 5.88. The Morgan fingerprint density at radius 3 is 2.90 bits per heavy atom. The largest absolute Gasteiger partial charge is 0.378 e. The summed E-state index contributed by atoms with van der Waals surface area (Å²) in [6, 6.07) is 0. The molecule has 7 heteroatoms. The molecule has 3 rings (SSSR count). The lowest BCUT2D eigenvalue weighted by molar-refractivity contribution is -0.141. The van der Waals surface area contributed by atoms with Crippen molar-refractivity contribution >= 4 is 17.5 Å². The molecule has 1 aromatic rings. The van der Waals surface area contributed by atoms with E-state index in [0.717, 1.165) is 39.0 Å². The minimum atomic E-state index is 0.0999. The van der Waals surface area contributed by atoms with Gasteiger partial charge in [-0.2, -0.15) is 5.10 Å². The van der Waals surface area contributed by atoms with Gasteiger partial charge in [0.15, 0.2) is 0 Å². The highest BCUT2D eigenvalue weighted by Gasteiger charge is 2.30. The molecule has 0 spiro atoms. The Morgan fingerprint density at radius 2 is 2.19 bits per heavy atom. The molecular formula is C14H21ClN4O2. The van der Waals surface area contributed by atoms with Crippen LogP contribution < -0.4 is 0 Å². The van der Waals surface area contributed by atoms with E-state index in [4.69, 9.17) is 16.3 Å². The van der Waals surface area contributed by atoms with Gasteiger partial charge in [-0.05, 0) is 19.4 Å². The van der Waals surface area contributed by atoms with Crippen LogP contribution in [0, 0.1) is 5.92 Å². The first-order chi connectivity index (χ1) is 10.2. The number of carbonyl (C=O) groups is 1. The summed E-state index contributed by atoms with van der Waals surface area (Å²) in [5, 5.41) is 4.85. The van der Waals surface area contributed by atoms with Crippen molar-refractivity contribution in [2.75, 3.05) is 39.4 Å². The van der Waals surface area contributed by atoms with Gasteiger partial charge in [-0.25, -0.2) is 0 Å². The first kappa shape index (κ1) is 14.8. The van der Waals surface area contributed by atoms with Crippen molar-refractivity contribution in [1.29, 1.82) is 0 Å². The summed E-state index contributed by atoms with van der Waals surface area (Å²) < 4.78 is 7.13. The molecule has 1 aromatic heterocycles. The fourth-order valence-corrected chi connectivity index (χ4v) is 3.20. The van der Waals surface area contributed by atoms with Gasteiger partial charge in [-0.1, -0.05) is 11.6 Å². The normalized spacial score (nSPS) is 24.2. The number of hydrogen-bond donors (Lipinski definition) is 0. The van der Waals surface area contributed by atoms with Crippen molar-refractivity contribution in [2.45, 2.75) is 19.5 Å². The van der Waals surface area contributed by atoms with E-state index in [2.05, 4.69) is 10.00 Å². The van der Waals surface area contributed by atoms with E-state index in [0.29, 0.717) is 24.9 Å². The van der Waals surface area contributed by atoms with Crippen molar-refractivity contribution in [3.05, 3.63) is 17.4 Å². The molecule has 0 saturated carbocycles. The summed E-state index contributed by atoms with van der Waals surface area (Å²) in [4.78, 5) is 16.8. The third-order valence-electron chi connectivity index (χ3n) is 4.12. The van der Waals surface area contributed by atoms with Crippen LogP contribution >= 0.6 is 11.6 Å². The quantitative estimate of drug-likeness (QED) is 0.837. The van der Waals surface area contributed by atoms with Gasteiger partial charge in [0.1, 0.15) is 0 Å². The van der Waals surface area contributed by atoms with Crippen LogP contribution in [0.25, 0.3) is 0 Å². The second-order valence-electron chi connectivity index (χ2n) is 5.69. The maximum Gasteiger partial charge on any atom is 0.227 e. The minimum absolute atomic E-state index is 0.0999. The molecule has 0 radical (unpaired) electrons. The van der Waals surface area contributed by atoms with Crippen molar-refractivity contribution in [2.24, 2.45) is 5.92 Å². The van der Waals surface area contributed by atoms with Crippen LogP contribution in [0.4, 0.5) is 0 Å². The van der Waals surface area contributed by atoms with Gasteiger partial charge in [-0.15, -0.1) is 0 Å². The van der Waals surface area contributed by atoms with Gasteiger partial charge in [0, 0.05) is 25.8 Å². The number of halogens is 1. The number of carbonyl (C=O) groups excluding carboxylic acids is 1. The van der Waals surface area contributed by atoms with E-state index in [1.807, 2.05) is 15.8 Å². The van der Waals surface area contributed by atoms with Gasteiger partial charge in [0.05, 0.1) is 37.0 Å². The van der Waals surface area contributed by atoms with Crippen LogP contribution in [-0.4, -0.2) is 64.9 Å². The summed E-state index contributed by atoms with van der Waals surface area (Å²) in [5.74, 6) is 0.379. The predicted octanol–water partition coefficient (Wildman–Crippen LogP) is 1.06. The average molecular weight is 313 g/mol. The molecule has 0 aromatic carbocycles. The smallest absolute Gasteiger partial charge is 0.227 e. The van der Waals surface area contributed by atoms with E-state index in [1.165, 1.54) is 0 Å². The number of amides is 1. The molecule has 3 heterocycles. The summed E-state index contributed by atoms with van der Waals surface area (Å²) in [7, 11) is 0. The Balaban J connectivity index is 1.56.